The van der Waals surface area contributed by atoms with Gasteiger partial charge in [-0.1, -0.05) is 44.9 Å². The second-order valence-corrected chi connectivity index (χ2v) is 6.68. The maximum Gasteiger partial charge on any atom is 0.0995 e. The molecular weight excluding hydrogens is 244 g/mol. The molecule has 2 heteroatoms. The minimum absolute atomic E-state index is 0.496. The molecule has 1 aliphatic rings. The molecule has 1 fully saturated rings. The molecule has 0 bridgehead atoms. The molecule has 0 aliphatic heterocycles. The summed E-state index contributed by atoms with van der Waals surface area (Å²) in [5.41, 5.74) is 2.41. The van der Waals surface area contributed by atoms with Crippen LogP contribution in [-0.2, 0) is 6.54 Å². The van der Waals surface area contributed by atoms with Crippen molar-refractivity contribution in [1.29, 1.82) is 5.26 Å². The van der Waals surface area contributed by atoms with E-state index in [9.17, 15) is 0 Å². The Hall–Kier alpha value is -1.33. The van der Waals surface area contributed by atoms with E-state index in [2.05, 4.69) is 31.3 Å². The van der Waals surface area contributed by atoms with Crippen molar-refractivity contribution in [2.24, 2.45) is 11.3 Å². The number of nitrogens with one attached hydrogen (secondary N) is 1. The lowest BCUT2D eigenvalue weighted by Crippen LogP contribution is -2.33. The summed E-state index contributed by atoms with van der Waals surface area (Å²) in [4.78, 5) is 0. The van der Waals surface area contributed by atoms with Crippen molar-refractivity contribution in [3.63, 3.8) is 0 Å². The molecule has 1 aromatic carbocycles. The predicted molar refractivity (Wildman–Crippen MR) is 83.2 cm³/mol. The Bertz CT molecular complexity index is 465. The van der Waals surface area contributed by atoms with Gasteiger partial charge in [-0.2, -0.15) is 5.26 Å². The van der Waals surface area contributed by atoms with Crippen molar-refractivity contribution in [2.75, 3.05) is 6.54 Å². The Morgan fingerprint density at radius 3 is 2.60 bits per heavy atom. The first kappa shape index (κ1) is 15.1. The van der Waals surface area contributed by atoms with E-state index in [0.29, 0.717) is 5.41 Å². The van der Waals surface area contributed by atoms with Gasteiger partial charge in [0.15, 0.2) is 0 Å². The van der Waals surface area contributed by atoms with Crippen LogP contribution in [0.3, 0.4) is 0 Å². The van der Waals surface area contributed by atoms with Crippen LogP contribution in [-0.4, -0.2) is 6.54 Å². The highest BCUT2D eigenvalue weighted by molar-refractivity contribution is 5.37. The molecule has 108 valence electrons. The van der Waals surface area contributed by atoms with Gasteiger partial charge in [0.1, 0.15) is 0 Å². The Labute approximate surface area is 123 Å². The van der Waals surface area contributed by atoms with Gasteiger partial charge in [0, 0.05) is 13.1 Å². The fourth-order valence-corrected chi connectivity index (χ4v) is 3.69. The minimum Gasteiger partial charge on any atom is -0.312 e. The summed E-state index contributed by atoms with van der Waals surface area (Å²) >= 11 is 0. The molecule has 1 aliphatic carbocycles. The average Bonchev–Trinajstić information content (AvgIpc) is 2.87. The number of nitriles is 1. The zero-order valence-corrected chi connectivity index (χ0v) is 12.8. The molecule has 20 heavy (non-hydrogen) atoms. The Morgan fingerprint density at radius 1 is 1.25 bits per heavy atom. The summed E-state index contributed by atoms with van der Waals surface area (Å²) < 4.78 is 0. The topological polar surface area (TPSA) is 35.8 Å². The maximum absolute atomic E-state index is 9.12. The standard InChI is InChI=1S/C18H26N2/c1-15(2)11-18(9-5-6-10-18)14-20-13-17-8-4-3-7-16(17)12-19/h3-4,7-8,15,20H,5-6,9-11,13-14H2,1-2H3. The Balaban J connectivity index is 1.92. The van der Waals surface area contributed by atoms with E-state index < -0.39 is 0 Å². The van der Waals surface area contributed by atoms with Crippen LogP contribution in [0, 0.1) is 22.7 Å². The average molecular weight is 270 g/mol. The zero-order valence-electron chi connectivity index (χ0n) is 12.8. The lowest BCUT2D eigenvalue weighted by molar-refractivity contribution is 0.223. The van der Waals surface area contributed by atoms with Crippen LogP contribution in [0.25, 0.3) is 0 Å². The normalized spacial score (nSPS) is 17.3. The molecule has 0 radical (unpaired) electrons. The van der Waals surface area contributed by atoms with Crippen molar-refractivity contribution >= 4 is 0 Å². The van der Waals surface area contributed by atoms with E-state index in [-0.39, 0.29) is 0 Å². The predicted octanol–water partition coefficient (Wildman–Crippen LogP) is 4.25. The summed E-state index contributed by atoms with van der Waals surface area (Å²) in [7, 11) is 0. The quantitative estimate of drug-likeness (QED) is 0.838. The third-order valence-corrected chi connectivity index (χ3v) is 4.46. The first-order valence-corrected chi connectivity index (χ1v) is 7.84. The van der Waals surface area contributed by atoms with Crippen LogP contribution >= 0.6 is 0 Å². The molecule has 2 rings (SSSR count). The van der Waals surface area contributed by atoms with Crippen LogP contribution in [0.1, 0.15) is 57.1 Å². The van der Waals surface area contributed by atoms with E-state index in [4.69, 9.17) is 5.26 Å². The van der Waals surface area contributed by atoms with Gasteiger partial charge in [0.2, 0.25) is 0 Å². The number of rotatable bonds is 6. The van der Waals surface area contributed by atoms with Crippen LogP contribution in [0.2, 0.25) is 0 Å². The van der Waals surface area contributed by atoms with Crippen molar-refractivity contribution < 1.29 is 0 Å². The summed E-state index contributed by atoms with van der Waals surface area (Å²) in [6.45, 7) is 6.55. The van der Waals surface area contributed by atoms with Crippen molar-refractivity contribution in [1.82, 2.24) is 5.32 Å². The largest absolute Gasteiger partial charge is 0.312 e. The maximum atomic E-state index is 9.12. The third-order valence-electron chi connectivity index (χ3n) is 4.46. The first-order valence-electron chi connectivity index (χ1n) is 7.84. The van der Waals surface area contributed by atoms with E-state index in [0.717, 1.165) is 30.1 Å². The summed E-state index contributed by atoms with van der Waals surface area (Å²) in [5.74, 6) is 0.765. The number of hydrogen-bond acceptors (Lipinski definition) is 2. The number of benzene rings is 1. The van der Waals surface area contributed by atoms with E-state index in [1.54, 1.807) is 0 Å². The lowest BCUT2D eigenvalue weighted by Gasteiger charge is -2.31. The van der Waals surface area contributed by atoms with Gasteiger partial charge in [0.25, 0.3) is 0 Å². The summed E-state index contributed by atoms with van der Waals surface area (Å²) in [5, 5.41) is 12.7. The number of nitrogens with zero attached hydrogens (tertiary/aromatic N) is 1. The van der Waals surface area contributed by atoms with Gasteiger partial charge in [-0.25, -0.2) is 0 Å². The number of hydrogen-bond donors (Lipinski definition) is 1. The van der Waals surface area contributed by atoms with Crippen molar-refractivity contribution in [3.05, 3.63) is 35.4 Å². The van der Waals surface area contributed by atoms with Crippen LogP contribution in [0.5, 0.6) is 0 Å². The monoisotopic (exact) mass is 270 g/mol. The van der Waals surface area contributed by atoms with Gasteiger partial charge < -0.3 is 5.32 Å². The fraction of sp³-hybridized carbons (Fsp3) is 0.611. The van der Waals surface area contributed by atoms with E-state index in [1.165, 1.54) is 32.1 Å². The molecule has 0 heterocycles. The van der Waals surface area contributed by atoms with Crippen LogP contribution in [0.15, 0.2) is 24.3 Å². The van der Waals surface area contributed by atoms with Gasteiger partial charge in [0.05, 0.1) is 11.6 Å². The Morgan fingerprint density at radius 2 is 1.95 bits per heavy atom. The highest BCUT2D eigenvalue weighted by Crippen LogP contribution is 2.42. The first-order chi connectivity index (χ1) is 9.65. The molecule has 0 saturated heterocycles. The van der Waals surface area contributed by atoms with Crippen LogP contribution < -0.4 is 5.32 Å². The van der Waals surface area contributed by atoms with Gasteiger partial charge in [-0.3, -0.25) is 0 Å². The third kappa shape index (κ3) is 3.84. The molecule has 0 atom stereocenters. The molecule has 2 nitrogen and oxygen atoms in total. The molecule has 1 saturated carbocycles. The summed E-state index contributed by atoms with van der Waals surface area (Å²) in [6, 6.07) is 10.2. The summed E-state index contributed by atoms with van der Waals surface area (Å²) in [6.07, 6.45) is 6.79. The van der Waals surface area contributed by atoms with Crippen molar-refractivity contribution in [3.8, 4) is 6.07 Å². The highest BCUT2D eigenvalue weighted by Gasteiger charge is 2.33. The second-order valence-electron chi connectivity index (χ2n) is 6.68. The second kappa shape index (κ2) is 6.90. The molecule has 1 N–H and O–H groups in total. The zero-order chi connectivity index (χ0) is 14.4. The lowest BCUT2D eigenvalue weighted by atomic mass is 9.78. The SMILES string of the molecule is CC(C)CC1(CNCc2ccccc2C#N)CCCC1. The van der Waals surface area contributed by atoms with Gasteiger partial charge in [-0.15, -0.1) is 0 Å². The fourth-order valence-electron chi connectivity index (χ4n) is 3.69. The molecule has 0 spiro atoms. The van der Waals surface area contributed by atoms with Crippen LogP contribution in [0.4, 0.5) is 0 Å². The molecule has 1 aromatic rings. The van der Waals surface area contributed by atoms with E-state index in [1.807, 2.05) is 18.2 Å². The van der Waals surface area contributed by atoms with Gasteiger partial charge >= 0.3 is 0 Å². The molecule has 0 aromatic heterocycles. The van der Waals surface area contributed by atoms with Crippen molar-refractivity contribution in [2.45, 2.75) is 52.5 Å². The molecular formula is C18H26N2. The molecule has 0 amide bonds. The highest BCUT2D eigenvalue weighted by atomic mass is 14.9. The van der Waals surface area contributed by atoms with Gasteiger partial charge in [-0.05, 0) is 42.2 Å². The minimum atomic E-state index is 0.496. The molecule has 0 unspecified atom stereocenters. The van der Waals surface area contributed by atoms with E-state index >= 15 is 0 Å². The Kier molecular flexibility index (Phi) is 5.20. The smallest absolute Gasteiger partial charge is 0.0995 e.